The van der Waals surface area contributed by atoms with E-state index in [0.29, 0.717) is 6.04 Å². The van der Waals surface area contributed by atoms with Gasteiger partial charge in [-0.15, -0.1) is 0 Å². The lowest BCUT2D eigenvalue weighted by Crippen LogP contribution is -2.32. The Hall–Kier alpha value is -2.79. The molecule has 1 unspecified atom stereocenters. The number of hydrogen-bond acceptors (Lipinski definition) is 5. The maximum Gasteiger partial charge on any atom is 0.122 e. The lowest BCUT2D eigenvalue weighted by molar-refractivity contribution is 0.440. The Labute approximate surface area is 154 Å². The maximum absolute atomic E-state index is 4.97. The van der Waals surface area contributed by atoms with Gasteiger partial charge in [0, 0.05) is 36.9 Å². The van der Waals surface area contributed by atoms with Gasteiger partial charge in [-0.1, -0.05) is 38.1 Å². The molecule has 0 bridgehead atoms. The first-order chi connectivity index (χ1) is 12.7. The van der Waals surface area contributed by atoms with Crippen LogP contribution in [0.1, 0.15) is 19.5 Å². The average molecular weight is 347 g/mol. The Morgan fingerprint density at radius 3 is 2.96 bits per heavy atom. The molecule has 134 valence electrons. The van der Waals surface area contributed by atoms with Crippen LogP contribution in [0.4, 0.5) is 5.69 Å². The smallest absolute Gasteiger partial charge is 0.122 e. The van der Waals surface area contributed by atoms with E-state index in [2.05, 4.69) is 83.4 Å². The molecular formula is C21H25N5. The third kappa shape index (κ3) is 3.30. The van der Waals surface area contributed by atoms with E-state index < -0.39 is 0 Å². The maximum atomic E-state index is 4.97. The summed E-state index contributed by atoms with van der Waals surface area (Å²) in [5.74, 6) is 0. The molecule has 0 amide bonds. The van der Waals surface area contributed by atoms with E-state index in [1.807, 2.05) is 12.3 Å². The van der Waals surface area contributed by atoms with Crippen molar-refractivity contribution in [2.45, 2.75) is 26.1 Å². The summed E-state index contributed by atoms with van der Waals surface area (Å²) in [6.45, 7) is 6.11. The third-order valence-electron chi connectivity index (χ3n) is 4.60. The minimum atomic E-state index is 0.183. The van der Waals surface area contributed by atoms with Crippen molar-refractivity contribution in [3.63, 3.8) is 0 Å². The van der Waals surface area contributed by atoms with Gasteiger partial charge in [-0.2, -0.15) is 0 Å². The van der Waals surface area contributed by atoms with Gasteiger partial charge >= 0.3 is 0 Å². The molecule has 2 aliphatic heterocycles. The fraction of sp³-hybridized carbons (Fsp3) is 0.286. The zero-order valence-electron chi connectivity index (χ0n) is 15.2. The van der Waals surface area contributed by atoms with Crippen LogP contribution in [-0.2, 0) is 0 Å². The number of nitrogens with one attached hydrogen (secondary N) is 3. The number of nitrogens with zero attached hydrogens (tertiary/aromatic N) is 2. The van der Waals surface area contributed by atoms with Crippen LogP contribution in [0.3, 0.4) is 0 Å². The molecule has 26 heavy (non-hydrogen) atoms. The molecule has 1 aromatic heterocycles. The van der Waals surface area contributed by atoms with Gasteiger partial charge in [0.2, 0.25) is 0 Å². The highest BCUT2D eigenvalue weighted by molar-refractivity contribution is 5.91. The summed E-state index contributed by atoms with van der Waals surface area (Å²) in [4.78, 5) is 7.18. The fourth-order valence-electron chi connectivity index (χ4n) is 3.30. The quantitative estimate of drug-likeness (QED) is 0.701. The Morgan fingerprint density at radius 1 is 1.15 bits per heavy atom. The molecule has 1 aromatic carbocycles. The third-order valence-corrected chi connectivity index (χ3v) is 4.60. The summed E-state index contributed by atoms with van der Waals surface area (Å²) in [6, 6.07) is 11.0. The standard InChI is InChI=1S/C21H25N5/c1-15(2)22-11-12-23-18-7-5-6-16-9-10-17(25-21(16)18)19-14-24-20-8-3-4-13-26(19)20/h3-10,13-15,20,22-24H,11-12H2,1-2H3. The molecular weight excluding hydrogens is 322 g/mol. The van der Waals surface area contributed by atoms with Crippen molar-refractivity contribution in [3.05, 3.63) is 66.7 Å². The number of aromatic nitrogens is 1. The Bertz CT molecular complexity index is 881. The first kappa shape index (κ1) is 16.7. The largest absolute Gasteiger partial charge is 0.382 e. The van der Waals surface area contributed by atoms with Gasteiger partial charge in [0.1, 0.15) is 6.17 Å². The summed E-state index contributed by atoms with van der Waals surface area (Å²) in [6.07, 6.45) is 10.6. The molecule has 0 aliphatic carbocycles. The van der Waals surface area contributed by atoms with Crippen LogP contribution in [0, 0.1) is 0 Å². The SMILES string of the molecule is CC(C)NCCNc1cccc2ccc(C3=CNC4C=CC=CN34)nc12. The lowest BCUT2D eigenvalue weighted by atomic mass is 10.1. The van der Waals surface area contributed by atoms with Gasteiger partial charge in [-0.25, -0.2) is 4.98 Å². The molecule has 0 saturated carbocycles. The zero-order chi connectivity index (χ0) is 17.9. The summed E-state index contributed by atoms with van der Waals surface area (Å²) < 4.78 is 0. The van der Waals surface area contributed by atoms with Crippen LogP contribution < -0.4 is 16.0 Å². The Balaban J connectivity index is 1.59. The van der Waals surface area contributed by atoms with Gasteiger partial charge in [-0.05, 0) is 24.3 Å². The summed E-state index contributed by atoms with van der Waals surface area (Å²) >= 11 is 0. The van der Waals surface area contributed by atoms with Crippen molar-refractivity contribution in [2.75, 3.05) is 18.4 Å². The van der Waals surface area contributed by atoms with Gasteiger partial charge in [0.25, 0.3) is 0 Å². The molecule has 0 fully saturated rings. The average Bonchev–Trinajstić information content (AvgIpc) is 3.09. The van der Waals surface area contributed by atoms with Crippen molar-refractivity contribution < 1.29 is 0 Å². The van der Waals surface area contributed by atoms with Crippen LogP contribution in [0.5, 0.6) is 0 Å². The normalized spacial score (nSPS) is 18.2. The van der Waals surface area contributed by atoms with Gasteiger partial charge in [-0.3, -0.25) is 0 Å². The summed E-state index contributed by atoms with van der Waals surface area (Å²) in [7, 11) is 0. The predicted molar refractivity (Wildman–Crippen MR) is 108 cm³/mol. The minimum absolute atomic E-state index is 0.183. The first-order valence-electron chi connectivity index (χ1n) is 9.19. The topological polar surface area (TPSA) is 52.2 Å². The van der Waals surface area contributed by atoms with Crippen LogP contribution in [0.25, 0.3) is 16.6 Å². The molecule has 1 atom stereocenters. The minimum Gasteiger partial charge on any atom is -0.382 e. The van der Waals surface area contributed by atoms with E-state index in [0.717, 1.165) is 41.1 Å². The number of allylic oxidation sites excluding steroid dienone is 2. The molecule has 0 spiro atoms. The zero-order valence-corrected chi connectivity index (χ0v) is 15.2. The number of rotatable bonds is 6. The second-order valence-corrected chi connectivity index (χ2v) is 6.88. The van der Waals surface area contributed by atoms with Crippen molar-refractivity contribution in [2.24, 2.45) is 0 Å². The monoisotopic (exact) mass is 347 g/mol. The second-order valence-electron chi connectivity index (χ2n) is 6.88. The molecule has 2 aromatic rings. The van der Waals surface area contributed by atoms with Crippen molar-refractivity contribution >= 4 is 22.3 Å². The van der Waals surface area contributed by atoms with E-state index in [9.17, 15) is 0 Å². The van der Waals surface area contributed by atoms with E-state index >= 15 is 0 Å². The molecule has 5 nitrogen and oxygen atoms in total. The van der Waals surface area contributed by atoms with Crippen LogP contribution in [0.15, 0.2) is 61.0 Å². The fourth-order valence-corrected chi connectivity index (χ4v) is 3.30. The van der Waals surface area contributed by atoms with Crippen LogP contribution in [-0.4, -0.2) is 35.2 Å². The number of pyridine rings is 1. The van der Waals surface area contributed by atoms with Crippen molar-refractivity contribution in [1.82, 2.24) is 20.5 Å². The molecule has 4 rings (SSSR count). The van der Waals surface area contributed by atoms with Gasteiger partial charge in [0.15, 0.2) is 0 Å². The van der Waals surface area contributed by atoms with Gasteiger partial charge in [0.05, 0.1) is 22.6 Å². The number of fused-ring (bicyclic) bond motifs is 2. The molecule has 2 aliphatic rings. The van der Waals surface area contributed by atoms with Crippen molar-refractivity contribution in [3.8, 4) is 0 Å². The van der Waals surface area contributed by atoms with Crippen LogP contribution in [0.2, 0.25) is 0 Å². The summed E-state index contributed by atoms with van der Waals surface area (Å²) in [5.41, 5.74) is 4.15. The summed E-state index contributed by atoms with van der Waals surface area (Å²) in [5, 5.41) is 11.5. The first-order valence-corrected chi connectivity index (χ1v) is 9.19. The molecule has 0 saturated heterocycles. The van der Waals surface area contributed by atoms with Crippen LogP contribution >= 0.6 is 0 Å². The Morgan fingerprint density at radius 2 is 2.08 bits per heavy atom. The van der Waals surface area contributed by atoms with E-state index in [4.69, 9.17) is 4.98 Å². The molecule has 0 radical (unpaired) electrons. The molecule has 3 N–H and O–H groups in total. The Kier molecular flexibility index (Phi) is 4.63. The number of benzene rings is 1. The van der Waals surface area contributed by atoms with E-state index in [-0.39, 0.29) is 6.17 Å². The highest BCUT2D eigenvalue weighted by Gasteiger charge is 2.25. The highest BCUT2D eigenvalue weighted by atomic mass is 15.3. The number of hydrogen-bond donors (Lipinski definition) is 3. The number of para-hydroxylation sites is 1. The van der Waals surface area contributed by atoms with Crippen molar-refractivity contribution in [1.29, 1.82) is 0 Å². The molecule has 5 heteroatoms. The highest BCUT2D eigenvalue weighted by Crippen LogP contribution is 2.29. The van der Waals surface area contributed by atoms with Gasteiger partial charge < -0.3 is 20.9 Å². The van der Waals surface area contributed by atoms with E-state index in [1.54, 1.807) is 0 Å². The number of anilines is 1. The predicted octanol–water partition coefficient (Wildman–Crippen LogP) is 3.26. The van der Waals surface area contributed by atoms with E-state index in [1.165, 1.54) is 0 Å². The lowest BCUT2D eigenvalue weighted by Gasteiger charge is -2.25. The molecule has 3 heterocycles. The second kappa shape index (κ2) is 7.22.